The van der Waals surface area contributed by atoms with Gasteiger partial charge in [0.25, 0.3) is 0 Å². The Kier molecular flexibility index (Phi) is 5.66. The highest BCUT2D eigenvalue weighted by atomic mass is 32.1. The first kappa shape index (κ1) is 18.8. The Labute approximate surface area is 162 Å². The smallest absolute Gasteiger partial charge is 0.187 e. The zero-order valence-corrected chi connectivity index (χ0v) is 16.1. The van der Waals surface area contributed by atoms with Crippen molar-refractivity contribution >= 4 is 23.5 Å². The van der Waals surface area contributed by atoms with Gasteiger partial charge in [0.1, 0.15) is 11.6 Å². The molecule has 6 nitrogen and oxygen atoms in total. The second-order valence-corrected chi connectivity index (χ2v) is 6.55. The molecule has 8 heteroatoms. The van der Waals surface area contributed by atoms with E-state index < -0.39 is 0 Å². The fraction of sp³-hybridized carbons (Fsp3) is 0.211. The monoisotopic (exact) mass is 385 g/mol. The standard InChI is InChI=1S/C19H20FN5OS/c1-12-8-16(14(3)25(12)18-9-13(2)26-24-18)11-22-23-19(27)21-10-15-4-6-17(20)7-5-15/h4-9,11H,10H2,1-3H3,(H2,21,23,27)/b22-11-. The van der Waals surface area contributed by atoms with E-state index in [1.54, 1.807) is 18.3 Å². The minimum atomic E-state index is -0.262. The van der Waals surface area contributed by atoms with Gasteiger partial charge in [-0.2, -0.15) is 5.10 Å². The van der Waals surface area contributed by atoms with E-state index in [1.165, 1.54) is 12.1 Å². The van der Waals surface area contributed by atoms with Crippen LogP contribution in [0.15, 0.2) is 46.0 Å². The van der Waals surface area contributed by atoms with Gasteiger partial charge >= 0.3 is 0 Å². The maximum atomic E-state index is 12.9. The zero-order chi connectivity index (χ0) is 19.4. The summed E-state index contributed by atoms with van der Waals surface area (Å²) in [4.78, 5) is 0. The topological polar surface area (TPSA) is 67.4 Å². The molecule has 0 fully saturated rings. The normalized spacial score (nSPS) is 11.1. The molecule has 0 radical (unpaired) electrons. The van der Waals surface area contributed by atoms with Crippen LogP contribution in [-0.2, 0) is 6.54 Å². The lowest BCUT2D eigenvalue weighted by atomic mass is 10.2. The summed E-state index contributed by atoms with van der Waals surface area (Å²) >= 11 is 5.20. The van der Waals surface area contributed by atoms with Gasteiger partial charge in [-0.1, -0.05) is 17.3 Å². The van der Waals surface area contributed by atoms with Crippen LogP contribution in [0, 0.1) is 26.6 Å². The predicted octanol–water partition coefficient (Wildman–Crippen LogP) is 3.53. The third kappa shape index (κ3) is 4.59. The molecule has 0 aliphatic carbocycles. The second kappa shape index (κ2) is 8.13. The van der Waals surface area contributed by atoms with Crippen LogP contribution < -0.4 is 10.7 Å². The Morgan fingerprint density at radius 1 is 1.26 bits per heavy atom. The summed E-state index contributed by atoms with van der Waals surface area (Å²) in [7, 11) is 0. The summed E-state index contributed by atoms with van der Waals surface area (Å²) in [6.07, 6.45) is 1.71. The highest BCUT2D eigenvalue weighted by Gasteiger charge is 2.12. The van der Waals surface area contributed by atoms with Crippen LogP contribution in [0.25, 0.3) is 5.82 Å². The van der Waals surface area contributed by atoms with Gasteiger partial charge in [-0.25, -0.2) is 4.39 Å². The van der Waals surface area contributed by atoms with Crippen molar-refractivity contribution in [1.82, 2.24) is 20.5 Å². The van der Waals surface area contributed by atoms with Gasteiger partial charge < -0.3 is 9.84 Å². The third-order valence-corrected chi connectivity index (χ3v) is 4.29. The van der Waals surface area contributed by atoms with Crippen molar-refractivity contribution in [3.63, 3.8) is 0 Å². The number of benzene rings is 1. The number of rotatable bonds is 5. The molecule has 0 saturated heterocycles. The minimum Gasteiger partial charge on any atom is -0.360 e. The van der Waals surface area contributed by atoms with Crippen LogP contribution >= 0.6 is 12.2 Å². The van der Waals surface area contributed by atoms with E-state index in [0.717, 1.165) is 34.1 Å². The van der Waals surface area contributed by atoms with Crippen LogP contribution in [-0.4, -0.2) is 21.1 Å². The van der Waals surface area contributed by atoms with Gasteiger partial charge in [0, 0.05) is 29.6 Å². The summed E-state index contributed by atoms with van der Waals surface area (Å²) < 4.78 is 20.1. The van der Waals surface area contributed by atoms with Gasteiger partial charge in [-0.15, -0.1) is 0 Å². The molecule has 140 valence electrons. The molecular weight excluding hydrogens is 365 g/mol. The molecule has 0 spiro atoms. The first-order chi connectivity index (χ1) is 12.9. The van der Waals surface area contributed by atoms with Crippen molar-refractivity contribution in [3.05, 3.63) is 70.5 Å². The average molecular weight is 385 g/mol. The molecule has 0 bridgehead atoms. The molecule has 0 saturated carbocycles. The summed E-state index contributed by atoms with van der Waals surface area (Å²) in [5.74, 6) is 1.24. The number of halogens is 1. The predicted molar refractivity (Wildman–Crippen MR) is 107 cm³/mol. The van der Waals surface area contributed by atoms with E-state index in [4.69, 9.17) is 16.7 Å². The van der Waals surface area contributed by atoms with Crippen molar-refractivity contribution in [2.75, 3.05) is 0 Å². The summed E-state index contributed by atoms with van der Waals surface area (Å²) in [6, 6.07) is 10.1. The van der Waals surface area contributed by atoms with Crippen LogP contribution in [0.2, 0.25) is 0 Å². The molecule has 0 aliphatic heterocycles. The lowest BCUT2D eigenvalue weighted by Crippen LogP contribution is -2.31. The minimum absolute atomic E-state index is 0.262. The highest BCUT2D eigenvalue weighted by molar-refractivity contribution is 7.80. The van der Waals surface area contributed by atoms with Crippen LogP contribution in [0.4, 0.5) is 4.39 Å². The summed E-state index contributed by atoms with van der Waals surface area (Å²) in [5.41, 5.74) is 6.68. The molecule has 1 aromatic carbocycles. The molecule has 0 unspecified atom stereocenters. The maximum absolute atomic E-state index is 12.9. The number of hydrogen-bond donors (Lipinski definition) is 2. The van der Waals surface area contributed by atoms with Gasteiger partial charge in [0.05, 0.1) is 6.21 Å². The fourth-order valence-corrected chi connectivity index (χ4v) is 2.84. The molecule has 2 N–H and O–H groups in total. The Bertz CT molecular complexity index is 975. The molecule has 0 atom stereocenters. The number of aromatic nitrogens is 2. The molecular formula is C19H20FN5OS. The van der Waals surface area contributed by atoms with Crippen molar-refractivity contribution in [2.24, 2.45) is 5.10 Å². The Balaban J connectivity index is 1.59. The number of nitrogens with one attached hydrogen (secondary N) is 2. The lowest BCUT2D eigenvalue weighted by molar-refractivity contribution is 0.394. The molecule has 3 aromatic rings. The molecule has 2 aromatic heterocycles. The molecule has 0 amide bonds. The van der Waals surface area contributed by atoms with E-state index >= 15 is 0 Å². The largest absolute Gasteiger partial charge is 0.360 e. The van der Waals surface area contributed by atoms with Crippen LogP contribution in [0.3, 0.4) is 0 Å². The Morgan fingerprint density at radius 3 is 2.67 bits per heavy atom. The molecule has 3 rings (SSSR count). The van der Waals surface area contributed by atoms with Crippen molar-refractivity contribution in [3.8, 4) is 5.82 Å². The van der Waals surface area contributed by atoms with Gasteiger partial charge in [-0.3, -0.25) is 9.99 Å². The first-order valence-electron chi connectivity index (χ1n) is 8.38. The van der Waals surface area contributed by atoms with Crippen molar-refractivity contribution in [2.45, 2.75) is 27.3 Å². The molecule has 27 heavy (non-hydrogen) atoms. The number of hydrazone groups is 1. The maximum Gasteiger partial charge on any atom is 0.187 e. The Morgan fingerprint density at radius 2 is 2.00 bits per heavy atom. The Hall–Kier alpha value is -3.00. The average Bonchev–Trinajstić information content (AvgIpc) is 3.17. The van der Waals surface area contributed by atoms with Crippen LogP contribution in [0.1, 0.15) is 28.3 Å². The number of hydrogen-bond acceptors (Lipinski definition) is 4. The second-order valence-electron chi connectivity index (χ2n) is 6.14. The number of nitrogens with zero attached hydrogens (tertiary/aromatic N) is 3. The summed E-state index contributed by atoms with van der Waals surface area (Å²) in [5, 5.41) is 11.7. The molecule has 2 heterocycles. The first-order valence-corrected chi connectivity index (χ1v) is 8.79. The quantitative estimate of drug-likeness (QED) is 0.400. The number of aryl methyl sites for hydroxylation is 2. The van der Waals surface area contributed by atoms with Gasteiger partial charge in [0.2, 0.25) is 0 Å². The van der Waals surface area contributed by atoms with E-state index in [1.807, 2.05) is 37.5 Å². The van der Waals surface area contributed by atoms with Gasteiger partial charge in [0.15, 0.2) is 10.9 Å². The van der Waals surface area contributed by atoms with E-state index in [0.29, 0.717) is 11.7 Å². The van der Waals surface area contributed by atoms with E-state index in [9.17, 15) is 4.39 Å². The van der Waals surface area contributed by atoms with E-state index in [2.05, 4.69) is 21.0 Å². The summed E-state index contributed by atoms with van der Waals surface area (Å²) in [6.45, 7) is 6.33. The van der Waals surface area contributed by atoms with Crippen LogP contribution in [0.5, 0.6) is 0 Å². The highest BCUT2D eigenvalue weighted by Crippen LogP contribution is 2.19. The lowest BCUT2D eigenvalue weighted by Gasteiger charge is -2.07. The SMILES string of the molecule is Cc1cc(-n2c(C)cc(/C=N\NC(=S)NCc3ccc(F)cc3)c2C)no1. The fourth-order valence-electron chi connectivity index (χ4n) is 2.71. The third-order valence-electron chi connectivity index (χ3n) is 4.05. The van der Waals surface area contributed by atoms with E-state index in [-0.39, 0.29) is 5.82 Å². The number of thiocarbonyl (C=S) groups is 1. The van der Waals surface area contributed by atoms with Crippen molar-refractivity contribution in [1.29, 1.82) is 0 Å². The van der Waals surface area contributed by atoms with Gasteiger partial charge in [-0.05, 0) is 56.8 Å². The zero-order valence-electron chi connectivity index (χ0n) is 15.3. The molecule has 0 aliphatic rings. The van der Waals surface area contributed by atoms with Crippen molar-refractivity contribution < 1.29 is 8.91 Å².